The van der Waals surface area contributed by atoms with Crippen LogP contribution in [0.5, 0.6) is 0 Å². The lowest BCUT2D eigenvalue weighted by Gasteiger charge is -2.26. The van der Waals surface area contributed by atoms with Crippen molar-refractivity contribution in [2.75, 3.05) is 66.6 Å². The Labute approximate surface area is 216 Å². The average Bonchev–Trinajstić information content (AvgIpc) is 3.53. The third-order valence-electron chi connectivity index (χ3n) is 6.71. The SMILES string of the molecule is CN(C)CCNC(=O)c1ccc2[nH]c(C(=O)NCCN3CCOCC3)[c]c2c1-c1c[nH]c2ccccc12. The van der Waals surface area contributed by atoms with E-state index in [4.69, 9.17) is 4.74 Å². The van der Waals surface area contributed by atoms with Crippen LogP contribution >= 0.6 is 0 Å². The molecule has 193 valence electrons. The Kier molecular flexibility index (Phi) is 7.55. The van der Waals surface area contributed by atoms with Gasteiger partial charge >= 0.3 is 0 Å². The zero-order valence-corrected chi connectivity index (χ0v) is 21.3. The molecule has 2 aromatic heterocycles. The molecule has 4 aromatic rings. The molecule has 0 spiro atoms. The van der Waals surface area contributed by atoms with Crippen molar-refractivity contribution >= 4 is 33.6 Å². The Bertz CT molecular complexity index is 1400. The number of nitrogens with one attached hydrogen (secondary N) is 4. The maximum atomic E-state index is 13.3. The van der Waals surface area contributed by atoms with E-state index in [1.54, 1.807) is 0 Å². The van der Waals surface area contributed by atoms with Gasteiger partial charge in [0, 0.05) is 90.0 Å². The van der Waals surface area contributed by atoms with Gasteiger partial charge in [0.25, 0.3) is 11.8 Å². The van der Waals surface area contributed by atoms with Crippen LogP contribution in [0, 0.1) is 6.07 Å². The fourth-order valence-corrected chi connectivity index (χ4v) is 4.72. The third-order valence-corrected chi connectivity index (χ3v) is 6.71. The number of amides is 2. The van der Waals surface area contributed by atoms with Gasteiger partial charge in [-0.15, -0.1) is 0 Å². The average molecular weight is 502 g/mol. The molecule has 1 aliphatic rings. The van der Waals surface area contributed by atoms with Crippen LogP contribution in [-0.2, 0) is 4.74 Å². The number of aromatic nitrogens is 2. The first kappa shape index (κ1) is 25.0. The number of H-pyrrole nitrogens is 2. The smallest absolute Gasteiger partial charge is 0.268 e. The van der Waals surface area contributed by atoms with E-state index < -0.39 is 0 Å². The first-order valence-electron chi connectivity index (χ1n) is 12.7. The number of nitrogens with zero attached hydrogens (tertiary/aromatic N) is 2. The van der Waals surface area contributed by atoms with Crippen molar-refractivity contribution in [2.45, 2.75) is 0 Å². The molecular weight excluding hydrogens is 468 g/mol. The van der Waals surface area contributed by atoms with Crippen LogP contribution in [0.2, 0.25) is 0 Å². The van der Waals surface area contributed by atoms with Crippen LogP contribution in [0.4, 0.5) is 0 Å². The van der Waals surface area contributed by atoms with Gasteiger partial charge in [-0.25, -0.2) is 0 Å². The Morgan fingerprint density at radius 1 is 1.03 bits per heavy atom. The lowest BCUT2D eigenvalue weighted by molar-refractivity contribution is 0.0383. The number of carbonyl (C=O) groups is 2. The van der Waals surface area contributed by atoms with Crippen LogP contribution in [0.25, 0.3) is 32.9 Å². The maximum Gasteiger partial charge on any atom is 0.268 e. The molecule has 0 bridgehead atoms. The highest BCUT2D eigenvalue weighted by Crippen LogP contribution is 2.37. The number of hydrogen-bond acceptors (Lipinski definition) is 5. The van der Waals surface area contributed by atoms with Gasteiger partial charge in [0.15, 0.2) is 0 Å². The Morgan fingerprint density at radius 3 is 2.62 bits per heavy atom. The van der Waals surface area contributed by atoms with Gasteiger partial charge in [-0.1, -0.05) is 18.2 Å². The summed E-state index contributed by atoms with van der Waals surface area (Å²) in [5.74, 6) is -0.374. The highest BCUT2D eigenvalue weighted by atomic mass is 16.5. The first-order chi connectivity index (χ1) is 18.0. The summed E-state index contributed by atoms with van der Waals surface area (Å²) in [7, 11) is 3.94. The van der Waals surface area contributed by atoms with Crippen molar-refractivity contribution in [3.63, 3.8) is 0 Å². The normalized spacial score (nSPS) is 14.5. The standard InChI is InChI=1S/C28H33N6O3/c1-33(2)11-9-29-27(35)20-7-8-24-21(26(20)22-18-31-23-6-4-3-5-19(22)23)17-25(32-24)28(36)30-10-12-34-13-15-37-16-14-34/h3-8,18,31-32H,9-16H2,1-2H3,(H,29,35)(H,30,36). The summed E-state index contributed by atoms with van der Waals surface area (Å²) < 4.78 is 5.39. The molecule has 2 aromatic carbocycles. The molecule has 37 heavy (non-hydrogen) atoms. The number of para-hydroxylation sites is 1. The van der Waals surface area contributed by atoms with Crippen LogP contribution in [0.3, 0.4) is 0 Å². The number of rotatable bonds is 9. The minimum Gasteiger partial charge on any atom is -0.379 e. The second kappa shape index (κ2) is 11.2. The highest BCUT2D eigenvalue weighted by molar-refractivity contribution is 6.14. The third kappa shape index (κ3) is 5.53. The molecule has 0 saturated carbocycles. The molecule has 9 nitrogen and oxygen atoms in total. The fraction of sp³-hybridized carbons (Fsp3) is 0.357. The van der Waals surface area contributed by atoms with Crippen molar-refractivity contribution in [3.05, 3.63) is 59.9 Å². The van der Waals surface area contributed by atoms with E-state index in [0.29, 0.717) is 29.7 Å². The molecule has 0 aliphatic carbocycles. The molecule has 2 amide bonds. The van der Waals surface area contributed by atoms with E-state index in [2.05, 4.69) is 31.6 Å². The monoisotopic (exact) mass is 501 g/mol. The summed E-state index contributed by atoms with van der Waals surface area (Å²) >= 11 is 0. The molecule has 3 heterocycles. The number of likely N-dealkylation sites (N-methyl/N-ethyl adjacent to an activating group) is 1. The lowest BCUT2D eigenvalue weighted by atomic mass is 9.95. The fourth-order valence-electron chi connectivity index (χ4n) is 4.72. The molecule has 1 aliphatic heterocycles. The number of morpholine rings is 1. The van der Waals surface area contributed by atoms with Crippen LogP contribution in [-0.4, -0.2) is 98.2 Å². The summed E-state index contributed by atoms with van der Waals surface area (Å²) in [5, 5.41) is 7.73. The Balaban J connectivity index is 1.46. The van der Waals surface area contributed by atoms with Gasteiger partial charge < -0.3 is 30.2 Å². The number of carbonyl (C=O) groups excluding carboxylic acids is 2. The van der Waals surface area contributed by atoms with E-state index >= 15 is 0 Å². The molecule has 0 atom stereocenters. The van der Waals surface area contributed by atoms with Crippen LogP contribution in [0.15, 0.2) is 42.6 Å². The van der Waals surface area contributed by atoms with E-state index in [1.807, 2.05) is 61.6 Å². The van der Waals surface area contributed by atoms with E-state index in [-0.39, 0.29) is 11.8 Å². The molecule has 9 heteroatoms. The summed E-state index contributed by atoms with van der Waals surface area (Å²) in [6.45, 7) is 5.79. The topological polar surface area (TPSA) is 105 Å². The van der Waals surface area contributed by atoms with Gasteiger partial charge in [-0.05, 0) is 32.3 Å². The predicted molar refractivity (Wildman–Crippen MR) is 145 cm³/mol. The Morgan fingerprint density at radius 2 is 1.81 bits per heavy atom. The number of ether oxygens (including phenoxy) is 1. The zero-order valence-electron chi connectivity index (χ0n) is 21.3. The van der Waals surface area contributed by atoms with Crippen LogP contribution < -0.4 is 10.6 Å². The van der Waals surface area contributed by atoms with Crippen molar-refractivity contribution in [1.29, 1.82) is 0 Å². The quantitative estimate of drug-likeness (QED) is 0.282. The summed E-state index contributed by atoms with van der Waals surface area (Å²) in [5.41, 5.74) is 4.27. The van der Waals surface area contributed by atoms with Gasteiger partial charge in [0.1, 0.15) is 5.69 Å². The van der Waals surface area contributed by atoms with Crippen molar-refractivity contribution < 1.29 is 14.3 Å². The van der Waals surface area contributed by atoms with Crippen molar-refractivity contribution in [3.8, 4) is 11.1 Å². The predicted octanol–water partition coefficient (Wildman–Crippen LogP) is 2.47. The Hall–Kier alpha value is -3.66. The van der Waals surface area contributed by atoms with Gasteiger partial charge in [-0.2, -0.15) is 0 Å². The molecule has 4 N–H and O–H groups in total. The minimum absolute atomic E-state index is 0.157. The van der Waals surface area contributed by atoms with Gasteiger partial charge in [0.05, 0.1) is 13.2 Å². The van der Waals surface area contributed by atoms with Gasteiger partial charge in [-0.3, -0.25) is 14.5 Å². The zero-order chi connectivity index (χ0) is 25.8. The molecule has 0 unspecified atom stereocenters. The van der Waals surface area contributed by atoms with E-state index in [0.717, 1.165) is 66.9 Å². The number of fused-ring (bicyclic) bond motifs is 2. The largest absolute Gasteiger partial charge is 0.379 e. The molecule has 5 rings (SSSR count). The highest BCUT2D eigenvalue weighted by Gasteiger charge is 2.22. The molecular formula is C28H33N6O3. The summed E-state index contributed by atoms with van der Waals surface area (Å²) in [6.07, 6.45) is 1.92. The summed E-state index contributed by atoms with van der Waals surface area (Å²) in [4.78, 5) is 37.1. The van der Waals surface area contributed by atoms with Crippen molar-refractivity contribution in [1.82, 2.24) is 30.4 Å². The van der Waals surface area contributed by atoms with Crippen molar-refractivity contribution in [2.24, 2.45) is 0 Å². The number of hydrogen-bond donors (Lipinski definition) is 4. The molecule has 1 fully saturated rings. The number of benzene rings is 2. The second-order valence-electron chi connectivity index (χ2n) is 9.55. The van der Waals surface area contributed by atoms with E-state index in [9.17, 15) is 9.59 Å². The van der Waals surface area contributed by atoms with Crippen LogP contribution in [0.1, 0.15) is 20.8 Å². The molecule has 1 saturated heterocycles. The number of aromatic amines is 2. The second-order valence-corrected chi connectivity index (χ2v) is 9.55. The first-order valence-corrected chi connectivity index (χ1v) is 12.7. The van der Waals surface area contributed by atoms with Gasteiger partial charge in [0.2, 0.25) is 0 Å². The summed E-state index contributed by atoms with van der Waals surface area (Å²) in [6, 6.07) is 14.9. The maximum absolute atomic E-state index is 13.3. The van der Waals surface area contributed by atoms with E-state index in [1.165, 1.54) is 0 Å². The minimum atomic E-state index is -0.216. The lowest BCUT2D eigenvalue weighted by Crippen LogP contribution is -2.41. The molecule has 1 radical (unpaired) electrons.